The molecule has 10 heteroatoms. The minimum Gasteiger partial charge on any atom is -0.622 e. The third-order valence-electron chi connectivity index (χ3n) is 7.57. The molecule has 3 aliphatic heterocycles. The second-order valence-electron chi connectivity index (χ2n) is 11.2. The van der Waals surface area contributed by atoms with Crippen molar-refractivity contribution in [2.45, 2.75) is 75.8 Å². The molecule has 1 amide bonds. The maximum atomic E-state index is 13.0. The summed E-state index contributed by atoms with van der Waals surface area (Å²) in [4.78, 5) is 12.5. The van der Waals surface area contributed by atoms with Crippen LogP contribution in [0.3, 0.4) is 0 Å². The summed E-state index contributed by atoms with van der Waals surface area (Å²) in [5.41, 5.74) is 4.58. The lowest BCUT2D eigenvalue weighted by atomic mass is 9.98. The van der Waals surface area contributed by atoms with Crippen LogP contribution in [0.5, 0.6) is 0 Å². The minimum atomic E-state index is -0.960. The zero-order valence-electron chi connectivity index (χ0n) is 22.5. The van der Waals surface area contributed by atoms with Crippen LogP contribution in [-0.4, -0.2) is 79.0 Å². The van der Waals surface area contributed by atoms with E-state index in [2.05, 4.69) is 29.6 Å². The molecule has 3 saturated heterocycles. The van der Waals surface area contributed by atoms with Crippen LogP contribution >= 0.6 is 0 Å². The Balaban J connectivity index is 1.06. The Bertz CT molecular complexity index is 1230. The maximum Gasteiger partial charge on any atom is 0.407 e. The molecule has 4 aliphatic rings. The van der Waals surface area contributed by atoms with Gasteiger partial charge in [0.05, 0.1) is 13.2 Å². The first-order valence-corrected chi connectivity index (χ1v) is 13.3. The Kier molecular flexibility index (Phi) is 6.63. The number of hydrogen-bond donors (Lipinski definition) is 1. The normalized spacial score (nSPS) is 30.6. The largest absolute Gasteiger partial charge is 0.622 e. The zero-order chi connectivity index (χ0) is 27.4. The van der Waals surface area contributed by atoms with Gasteiger partial charge in [0.25, 0.3) is 6.23 Å². The molecule has 0 spiro atoms. The molecule has 0 unspecified atom stereocenters. The molecule has 0 radical (unpaired) electrons. The summed E-state index contributed by atoms with van der Waals surface area (Å²) in [5, 5.41) is 15.7. The molecule has 10 nitrogen and oxygen atoms in total. The lowest BCUT2D eigenvalue weighted by Gasteiger charge is -2.26. The van der Waals surface area contributed by atoms with E-state index in [4.69, 9.17) is 28.4 Å². The highest BCUT2D eigenvalue weighted by molar-refractivity contribution is 5.79. The van der Waals surface area contributed by atoms with Crippen molar-refractivity contribution in [1.29, 1.82) is 0 Å². The van der Waals surface area contributed by atoms with Crippen LogP contribution in [-0.2, 0) is 28.4 Å². The molecule has 2 aromatic rings. The highest BCUT2D eigenvalue weighted by Crippen LogP contribution is 2.45. The minimum absolute atomic E-state index is 0.0393. The Morgan fingerprint density at radius 2 is 1.62 bits per heavy atom. The molecule has 1 aliphatic carbocycles. The van der Waals surface area contributed by atoms with Crippen LogP contribution in [0.2, 0.25) is 0 Å². The molecule has 0 aromatic heterocycles. The van der Waals surface area contributed by atoms with E-state index >= 15 is 0 Å². The molecule has 1 N–H and O–H groups in total. The first kappa shape index (κ1) is 26.2. The van der Waals surface area contributed by atoms with Crippen LogP contribution < -0.4 is 5.32 Å². The third kappa shape index (κ3) is 5.03. The van der Waals surface area contributed by atoms with Crippen molar-refractivity contribution in [3.63, 3.8) is 0 Å². The van der Waals surface area contributed by atoms with Crippen molar-refractivity contribution >= 4 is 12.3 Å². The molecule has 2 aromatic carbocycles. The van der Waals surface area contributed by atoms with Crippen molar-refractivity contribution in [3.8, 4) is 11.1 Å². The number of fused-ring (bicyclic) bond motifs is 4. The summed E-state index contributed by atoms with van der Waals surface area (Å²) >= 11 is 0. The number of nitrogens with one attached hydrogen (secondary N) is 1. The number of nitrogens with zero attached hydrogens (tertiary/aromatic N) is 1. The lowest BCUT2D eigenvalue weighted by molar-refractivity contribution is -0.563. The first-order valence-electron chi connectivity index (χ1n) is 13.3. The van der Waals surface area contributed by atoms with Crippen molar-refractivity contribution in [1.82, 2.24) is 5.32 Å². The number of carbonyl (C=O) groups excluding carboxylic acids is 1. The highest BCUT2D eigenvalue weighted by Gasteiger charge is 2.62. The number of ether oxygens (including phenoxy) is 6. The number of amides is 1. The van der Waals surface area contributed by atoms with E-state index in [1.54, 1.807) is 13.8 Å². The van der Waals surface area contributed by atoms with Crippen LogP contribution in [0.15, 0.2) is 48.5 Å². The van der Waals surface area contributed by atoms with Gasteiger partial charge in [-0.15, -0.1) is 0 Å². The third-order valence-corrected chi connectivity index (χ3v) is 7.57. The van der Waals surface area contributed by atoms with Gasteiger partial charge >= 0.3 is 6.09 Å². The van der Waals surface area contributed by atoms with E-state index in [9.17, 15) is 10.0 Å². The fourth-order valence-corrected chi connectivity index (χ4v) is 5.96. The smallest absolute Gasteiger partial charge is 0.407 e. The molecule has 3 heterocycles. The summed E-state index contributed by atoms with van der Waals surface area (Å²) in [6.07, 6.45) is -2.32. The molecular formula is C29H34N2O8. The fourth-order valence-electron chi connectivity index (χ4n) is 5.96. The molecule has 208 valence electrons. The van der Waals surface area contributed by atoms with Crippen LogP contribution in [0.25, 0.3) is 11.1 Å². The predicted octanol–water partition coefficient (Wildman–Crippen LogP) is 3.50. The second kappa shape index (κ2) is 9.87. The monoisotopic (exact) mass is 538 g/mol. The molecule has 39 heavy (non-hydrogen) atoms. The van der Waals surface area contributed by atoms with Crippen LogP contribution in [0, 0.1) is 5.21 Å². The van der Waals surface area contributed by atoms with Gasteiger partial charge in [-0.3, -0.25) is 0 Å². The van der Waals surface area contributed by atoms with E-state index < -0.39 is 48.3 Å². The van der Waals surface area contributed by atoms with Crippen LogP contribution in [0.1, 0.15) is 44.7 Å². The SMILES string of the molecule is CC1(C)O[C@H]2[C@@H]([C@H]3COC(C)(C)O3)O[C@H](/[N+]([O-])=C/CNC(=O)OCC3c4ccccc4-c4ccccc43)[C@H]2O1. The molecule has 0 saturated carbocycles. The van der Waals surface area contributed by atoms with Crippen molar-refractivity contribution in [2.24, 2.45) is 0 Å². The highest BCUT2D eigenvalue weighted by atomic mass is 16.8. The Morgan fingerprint density at radius 1 is 0.974 bits per heavy atom. The van der Waals surface area contributed by atoms with E-state index in [1.165, 1.54) is 6.21 Å². The van der Waals surface area contributed by atoms with Gasteiger partial charge < -0.3 is 38.9 Å². The fraction of sp³-hybridized carbons (Fsp3) is 0.517. The quantitative estimate of drug-likeness (QED) is 0.258. The first-order chi connectivity index (χ1) is 18.6. The molecule has 0 bridgehead atoms. The van der Waals surface area contributed by atoms with Gasteiger partial charge in [0.2, 0.25) is 0 Å². The molecule has 5 atom stereocenters. The molecule has 3 fully saturated rings. The summed E-state index contributed by atoms with van der Waals surface area (Å²) in [5.74, 6) is -1.66. The number of alkyl carbamates (subject to hydrolysis) is 1. The molecular weight excluding hydrogens is 504 g/mol. The number of hydrogen-bond acceptors (Lipinski definition) is 8. The molecule has 6 rings (SSSR count). The summed E-state index contributed by atoms with van der Waals surface area (Å²) in [7, 11) is 0. The van der Waals surface area contributed by atoms with Crippen molar-refractivity contribution < 1.29 is 38.0 Å². The number of carbonyl (C=O) groups is 1. The average molecular weight is 539 g/mol. The number of benzene rings is 2. The van der Waals surface area contributed by atoms with Gasteiger partial charge in [0.15, 0.2) is 23.9 Å². The van der Waals surface area contributed by atoms with Crippen LogP contribution in [0.4, 0.5) is 4.79 Å². The Morgan fingerprint density at radius 3 is 2.26 bits per heavy atom. The van der Waals surface area contributed by atoms with Gasteiger partial charge in [-0.1, -0.05) is 48.5 Å². The Labute approximate surface area is 227 Å². The predicted molar refractivity (Wildman–Crippen MR) is 140 cm³/mol. The zero-order valence-corrected chi connectivity index (χ0v) is 22.5. The summed E-state index contributed by atoms with van der Waals surface area (Å²) in [6.45, 7) is 7.73. The van der Waals surface area contributed by atoms with E-state index in [0.29, 0.717) is 11.3 Å². The standard InChI is InChI=1S/C29H34N2O8/c1-28(2)35-16-22(37-28)23-24-25(39-29(3,4)38-24)26(36-23)31(33)14-13-30-27(32)34-15-21-19-11-7-5-9-17(19)18-10-6-8-12-20(18)21/h5-12,14,21-26H,13,15-16H2,1-4H3,(H,30,32)/b31-14-/t22-,23-,24+,25+,26+/m1/s1. The van der Waals surface area contributed by atoms with Gasteiger partial charge in [0.1, 0.15) is 24.9 Å². The topological polar surface area (TPSA) is 111 Å². The van der Waals surface area contributed by atoms with Gasteiger partial charge in [-0.05, 0) is 49.9 Å². The average Bonchev–Trinajstić information content (AvgIpc) is 3.61. The maximum absolute atomic E-state index is 13.0. The van der Waals surface area contributed by atoms with Crippen molar-refractivity contribution in [3.05, 3.63) is 64.9 Å². The van der Waals surface area contributed by atoms with Gasteiger partial charge in [-0.2, -0.15) is 4.74 Å². The lowest BCUT2D eigenvalue weighted by Crippen LogP contribution is -2.40. The van der Waals surface area contributed by atoms with Gasteiger partial charge in [0, 0.05) is 5.92 Å². The van der Waals surface area contributed by atoms with Gasteiger partial charge in [-0.25, -0.2) is 4.79 Å². The van der Waals surface area contributed by atoms with E-state index in [1.807, 2.05) is 38.1 Å². The van der Waals surface area contributed by atoms with E-state index in [-0.39, 0.29) is 19.1 Å². The summed E-state index contributed by atoms with van der Waals surface area (Å²) < 4.78 is 36.0. The van der Waals surface area contributed by atoms with Crippen molar-refractivity contribution in [2.75, 3.05) is 19.8 Å². The summed E-state index contributed by atoms with van der Waals surface area (Å²) in [6, 6.07) is 16.3. The Hall–Kier alpha value is -3.02. The second-order valence-corrected chi connectivity index (χ2v) is 11.2. The number of rotatable bonds is 6. The van der Waals surface area contributed by atoms with E-state index in [0.717, 1.165) is 22.3 Å². The number of hydroxylamine groups is 1.